The van der Waals surface area contributed by atoms with E-state index in [1.54, 1.807) is 24.3 Å². The first-order chi connectivity index (χ1) is 15.3. The highest BCUT2D eigenvalue weighted by Gasteiger charge is 2.13. The van der Waals surface area contributed by atoms with Gasteiger partial charge in [-0.2, -0.15) is 0 Å². The Morgan fingerprint density at radius 1 is 0.531 bits per heavy atom. The average Bonchev–Trinajstić information content (AvgIpc) is 2.75. The lowest BCUT2D eigenvalue weighted by molar-refractivity contribution is -0.259. The Hall–Kier alpha value is -3.68. The van der Waals surface area contributed by atoms with E-state index >= 15 is 0 Å². The van der Waals surface area contributed by atoms with Crippen molar-refractivity contribution in [2.75, 3.05) is 0 Å². The van der Waals surface area contributed by atoms with E-state index in [9.17, 15) is 19.2 Å². The maximum atomic E-state index is 11.8. The summed E-state index contributed by atoms with van der Waals surface area (Å²) in [5.41, 5.74) is 2.09. The second kappa shape index (κ2) is 12.9. The van der Waals surface area contributed by atoms with Gasteiger partial charge in [-0.05, 0) is 51.0 Å². The van der Waals surface area contributed by atoms with Crippen molar-refractivity contribution in [2.24, 2.45) is 0 Å². The van der Waals surface area contributed by atoms with E-state index in [0.29, 0.717) is 11.5 Å². The molecule has 0 bridgehead atoms. The van der Waals surface area contributed by atoms with Crippen molar-refractivity contribution in [3.63, 3.8) is 0 Å². The lowest BCUT2D eigenvalue weighted by atomic mass is 10.2. The summed E-state index contributed by atoms with van der Waals surface area (Å²) in [6.45, 7) is 3.84. The summed E-state index contributed by atoms with van der Waals surface area (Å²) < 4.78 is 10.3. The third kappa shape index (κ3) is 9.88. The molecule has 0 saturated heterocycles. The maximum Gasteiger partial charge on any atom is 0.355 e. The molecule has 0 heterocycles. The zero-order chi connectivity index (χ0) is 23.3. The van der Waals surface area contributed by atoms with Crippen molar-refractivity contribution in [2.45, 2.75) is 52.4 Å². The topological polar surface area (TPSA) is 105 Å². The summed E-state index contributed by atoms with van der Waals surface area (Å²) in [6.07, 6.45) is 0.177. The third-order valence-corrected chi connectivity index (χ3v) is 4.26. The monoisotopic (exact) mass is 442 g/mol. The molecule has 0 N–H and O–H groups in total. The minimum atomic E-state index is -0.778. The van der Waals surface area contributed by atoms with Gasteiger partial charge in [0.1, 0.15) is 11.5 Å². The van der Waals surface area contributed by atoms with Crippen LogP contribution in [0.15, 0.2) is 48.5 Å². The molecule has 0 unspecified atom stereocenters. The molecule has 2 aromatic rings. The van der Waals surface area contributed by atoms with Crippen molar-refractivity contribution in [1.82, 2.24) is 0 Å². The van der Waals surface area contributed by atoms with Gasteiger partial charge in [-0.15, -0.1) is 0 Å². The summed E-state index contributed by atoms with van der Waals surface area (Å²) in [4.78, 5) is 55.6. The van der Waals surface area contributed by atoms with Crippen LogP contribution in [0.4, 0.5) is 0 Å². The van der Waals surface area contributed by atoms with Crippen molar-refractivity contribution >= 4 is 23.9 Å². The van der Waals surface area contributed by atoms with E-state index in [1.807, 2.05) is 38.1 Å². The average molecular weight is 442 g/mol. The first kappa shape index (κ1) is 24.6. The van der Waals surface area contributed by atoms with Crippen LogP contribution in [0.2, 0.25) is 0 Å². The van der Waals surface area contributed by atoms with Crippen LogP contribution < -0.4 is 9.47 Å². The third-order valence-electron chi connectivity index (χ3n) is 4.26. The summed E-state index contributed by atoms with van der Waals surface area (Å²) in [5.74, 6) is -1.65. The minimum absolute atomic E-state index is 0.0139. The molecule has 0 fully saturated rings. The molecule has 0 saturated carbocycles. The fourth-order valence-electron chi connectivity index (χ4n) is 2.51. The molecule has 0 aliphatic heterocycles. The van der Waals surface area contributed by atoms with E-state index in [0.717, 1.165) is 11.1 Å². The molecule has 0 aliphatic carbocycles. The largest absolute Gasteiger partial charge is 0.427 e. The summed E-state index contributed by atoms with van der Waals surface area (Å²) in [7, 11) is 0. The Morgan fingerprint density at radius 3 is 1.19 bits per heavy atom. The molecule has 32 heavy (non-hydrogen) atoms. The zero-order valence-electron chi connectivity index (χ0n) is 18.1. The Bertz CT molecular complexity index is 839. The van der Waals surface area contributed by atoms with Gasteiger partial charge in [-0.1, -0.05) is 35.4 Å². The molecular formula is C24H26O8. The normalized spacial score (nSPS) is 10.2. The first-order valence-corrected chi connectivity index (χ1v) is 10.3. The number of rotatable bonds is 10. The van der Waals surface area contributed by atoms with Crippen molar-refractivity contribution in [3.8, 4) is 11.5 Å². The summed E-state index contributed by atoms with van der Waals surface area (Å²) in [5, 5.41) is 0. The number of hydrogen-bond acceptors (Lipinski definition) is 8. The first-order valence-electron chi connectivity index (χ1n) is 10.3. The minimum Gasteiger partial charge on any atom is -0.427 e. The molecule has 2 rings (SSSR count). The highest BCUT2D eigenvalue weighted by molar-refractivity contribution is 5.76. The Morgan fingerprint density at radius 2 is 0.844 bits per heavy atom. The fourth-order valence-corrected chi connectivity index (χ4v) is 2.51. The fraction of sp³-hybridized carbons (Fsp3) is 0.333. The number of aryl methyl sites for hydroxylation is 2. The Labute approximate surface area is 186 Å². The van der Waals surface area contributed by atoms with Crippen molar-refractivity contribution in [1.29, 1.82) is 0 Å². The molecule has 170 valence electrons. The highest BCUT2D eigenvalue weighted by Crippen LogP contribution is 2.14. The number of esters is 2. The van der Waals surface area contributed by atoms with Gasteiger partial charge in [0, 0.05) is 12.8 Å². The molecule has 0 amide bonds. The zero-order valence-corrected chi connectivity index (χ0v) is 18.1. The Balaban J connectivity index is 1.53. The molecule has 0 spiro atoms. The van der Waals surface area contributed by atoms with Crippen LogP contribution in [0.1, 0.15) is 49.7 Å². The molecule has 0 radical (unpaired) electrons. The van der Waals surface area contributed by atoms with Gasteiger partial charge in [0.05, 0.1) is 12.8 Å². The van der Waals surface area contributed by atoms with Gasteiger partial charge in [0.2, 0.25) is 0 Å². The van der Waals surface area contributed by atoms with Crippen LogP contribution in [-0.2, 0) is 29.0 Å². The van der Waals surface area contributed by atoms with E-state index in [2.05, 4.69) is 9.78 Å². The van der Waals surface area contributed by atoms with Gasteiger partial charge in [-0.25, -0.2) is 19.4 Å². The SMILES string of the molecule is Cc1ccc(OC(=O)CCCC(=O)OOC(=O)CCCC(=O)Oc2ccc(C)cc2)cc1. The molecule has 8 nitrogen and oxygen atoms in total. The highest BCUT2D eigenvalue weighted by atomic mass is 17.2. The second-order valence-electron chi connectivity index (χ2n) is 7.19. The molecule has 2 aromatic carbocycles. The van der Waals surface area contributed by atoms with E-state index in [4.69, 9.17) is 9.47 Å². The predicted octanol–water partition coefficient (Wildman–Crippen LogP) is 4.16. The van der Waals surface area contributed by atoms with E-state index in [-0.39, 0.29) is 38.5 Å². The van der Waals surface area contributed by atoms with Gasteiger partial charge in [0.25, 0.3) is 0 Å². The van der Waals surface area contributed by atoms with E-state index < -0.39 is 23.9 Å². The van der Waals surface area contributed by atoms with Crippen molar-refractivity contribution in [3.05, 3.63) is 59.7 Å². The quantitative estimate of drug-likeness (QED) is 0.234. The number of ether oxygens (including phenoxy) is 2. The standard InChI is InChI=1S/C24H26O8/c1-17-9-13-19(14-10-17)29-21(25)5-3-7-23(27)31-32-24(28)8-4-6-22(26)30-20-15-11-18(2)12-16-20/h9-16H,3-8H2,1-2H3. The maximum absolute atomic E-state index is 11.8. The van der Waals surface area contributed by atoms with Gasteiger partial charge >= 0.3 is 23.9 Å². The van der Waals surface area contributed by atoms with Crippen molar-refractivity contribution < 1.29 is 38.4 Å². The van der Waals surface area contributed by atoms with Crippen LogP contribution in [0.5, 0.6) is 11.5 Å². The number of hydrogen-bond donors (Lipinski definition) is 0. The molecule has 0 aliphatic rings. The van der Waals surface area contributed by atoms with E-state index in [1.165, 1.54) is 0 Å². The molecular weight excluding hydrogens is 416 g/mol. The van der Waals surface area contributed by atoms with Crippen LogP contribution in [-0.4, -0.2) is 23.9 Å². The second-order valence-corrected chi connectivity index (χ2v) is 7.19. The summed E-state index contributed by atoms with van der Waals surface area (Å²) >= 11 is 0. The lowest BCUT2D eigenvalue weighted by Crippen LogP contribution is -2.13. The van der Waals surface area contributed by atoms with Gasteiger partial charge < -0.3 is 9.47 Å². The number of benzene rings is 2. The molecule has 0 atom stereocenters. The van der Waals surface area contributed by atoms with Crippen LogP contribution >= 0.6 is 0 Å². The predicted molar refractivity (Wildman–Crippen MR) is 114 cm³/mol. The molecule has 8 heteroatoms. The Kier molecular flexibility index (Phi) is 9.90. The lowest BCUT2D eigenvalue weighted by Gasteiger charge is -2.05. The van der Waals surface area contributed by atoms with Crippen LogP contribution in [0.3, 0.4) is 0 Å². The number of carbonyl (C=O) groups is 4. The molecule has 0 aromatic heterocycles. The van der Waals surface area contributed by atoms with Crippen LogP contribution in [0.25, 0.3) is 0 Å². The van der Waals surface area contributed by atoms with Gasteiger partial charge in [0.15, 0.2) is 0 Å². The van der Waals surface area contributed by atoms with Gasteiger partial charge in [-0.3, -0.25) is 9.59 Å². The summed E-state index contributed by atoms with van der Waals surface area (Å²) in [6, 6.07) is 14.0. The smallest absolute Gasteiger partial charge is 0.355 e. The van der Waals surface area contributed by atoms with Crippen LogP contribution in [0, 0.1) is 13.8 Å². The number of carbonyl (C=O) groups excluding carboxylic acids is 4.